The van der Waals surface area contributed by atoms with Crippen molar-refractivity contribution in [1.82, 2.24) is 14.8 Å². The SMILES string of the molecule is Cc1ccc(C)c(NS(=O)(=O)c2c(C)c(-c3nnc(C4CC4)o3)n(C)c2C)c1. The van der Waals surface area contributed by atoms with E-state index in [9.17, 15) is 8.42 Å². The number of hydrogen-bond acceptors (Lipinski definition) is 5. The molecule has 148 valence electrons. The van der Waals surface area contributed by atoms with E-state index in [1.165, 1.54) is 0 Å². The largest absolute Gasteiger partial charge is 0.419 e. The van der Waals surface area contributed by atoms with E-state index in [2.05, 4.69) is 14.9 Å². The summed E-state index contributed by atoms with van der Waals surface area (Å²) >= 11 is 0. The molecule has 1 aliphatic carbocycles. The maximum Gasteiger partial charge on any atom is 0.264 e. The van der Waals surface area contributed by atoms with Gasteiger partial charge in [-0.3, -0.25) is 4.72 Å². The van der Waals surface area contributed by atoms with Gasteiger partial charge in [0, 0.05) is 24.2 Å². The van der Waals surface area contributed by atoms with E-state index in [1.807, 2.05) is 39.1 Å². The molecule has 1 saturated carbocycles. The van der Waals surface area contributed by atoms with Gasteiger partial charge >= 0.3 is 0 Å². The van der Waals surface area contributed by atoms with E-state index in [1.54, 1.807) is 18.4 Å². The molecular formula is C20H24N4O3S. The zero-order valence-electron chi connectivity index (χ0n) is 16.7. The first-order chi connectivity index (χ1) is 13.2. The van der Waals surface area contributed by atoms with Gasteiger partial charge in [-0.25, -0.2) is 8.42 Å². The van der Waals surface area contributed by atoms with Crippen LogP contribution >= 0.6 is 0 Å². The Balaban J connectivity index is 1.77. The molecule has 0 aliphatic heterocycles. The van der Waals surface area contributed by atoms with E-state index in [0.717, 1.165) is 24.0 Å². The minimum Gasteiger partial charge on any atom is -0.419 e. The normalized spacial score (nSPS) is 14.5. The molecule has 1 N–H and O–H groups in total. The number of benzene rings is 1. The molecule has 28 heavy (non-hydrogen) atoms. The van der Waals surface area contributed by atoms with Crippen molar-refractivity contribution in [2.45, 2.75) is 51.3 Å². The topological polar surface area (TPSA) is 90.0 Å². The summed E-state index contributed by atoms with van der Waals surface area (Å²) in [5.74, 6) is 1.33. The summed E-state index contributed by atoms with van der Waals surface area (Å²) < 4.78 is 36.8. The van der Waals surface area contributed by atoms with Crippen LogP contribution in [0, 0.1) is 27.7 Å². The number of nitrogens with zero attached hydrogens (tertiary/aromatic N) is 3. The predicted octanol–water partition coefficient (Wildman–Crippen LogP) is 3.99. The average Bonchev–Trinajstić information content (AvgIpc) is 3.31. The number of nitrogens with one attached hydrogen (secondary N) is 1. The fourth-order valence-corrected chi connectivity index (χ4v) is 5.15. The first kappa shape index (κ1) is 18.7. The van der Waals surface area contributed by atoms with Crippen LogP contribution in [0.25, 0.3) is 11.6 Å². The van der Waals surface area contributed by atoms with Crippen molar-refractivity contribution >= 4 is 15.7 Å². The molecule has 1 aliphatic rings. The Hall–Kier alpha value is -2.61. The molecule has 0 radical (unpaired) electrons. The Bertz CT molecular complexity index is 1170. The monoisotopic (exact) mass is 400 g/mol. The lowest BCUT2D eigenvalue weighted by molar-refractivity contribution is 0.504. The number of rotatable bonds is 5. The second-order valence-electron chi connectivity index (χ2n) is 7.59. The quantitative estimate of drug-likeness (QED) is 0.699. The van der Waals surface area contributed by atoms with E-state index >= 15 is 0 Å². The second kappa shape index (κ2) is 6.48. The smallest absolute Gasteiger partial charge is 0.264 e. The molecule has 0 saturated heterocycles. The maximum absolute atomic E-state index is 13.2. The van der Waals surface area contributed by atoms with Gasteiger partial charge in [0.1, 0.15) is 10.6 Å². The summed E-state index contributed by atoms with van der Waals surface area (Å²) in [5, 5.41) is 8.29. The average molecular weight is 401 g/mol. The van der Waals surface area contributed by atoms with Gasteiger partial charge in [-0.15, -0.1) is 10.2 Å². The highest BCUT2D eigenvalue weighted by Gasteiger charge is 2.32. The summed E-state index contributed by atoms with van der Waals surface area (Å²) in [6, 6.07) is 5.69. The molecule has 0 unspecified atom stereocenters. The number of hydrogen-bond donors (Lipinski definition) is 1. The standard InChI is InChI=1S/C20H24N4O3S/c1-11-6-7-12(2)16(10-11)23-28(25,26)18-13(3)17(24(5)14(18)4)20-22-21-19(27-20)15-8-9-15/h6-7,10,15,23H,8-9H2,1-5H3. The third-order valence-corrected chi connectivity index (χ3v) is 6.97. The van der Waals surface area contributed by atoms with Crippen LogP contribution in [0.1, 0.15) is 47.0 Å². The molecule has 4 rings (SSSR count). The van der Waals surface area contributed by atoms with Crippen molar-refractivity contribution < 1.29 is 12.8 Å². The maximum atomic E-state index is 13.2. The van der Waals surface area contributed by atoms with Crippen LogP contribution in [0.5, 0.6) is 0 Å². The molecule has 2 aromatic heterocycles. The van der Waals surface area contributed by atoms with E-state index in [-0.39, 0.29) is 4.90 Å². The van der Waals surface area contributed by atoms with Gasteiger partial charge in [-0.1, -0.05) is 12.1 Å². The molecule has 8 heteroatoms. The highest BCUT2D eigenvalue weighted by atomic mass is 32.2. The van der Waals surface area contributed by atoms with Gasteiger partial charge in [0.2, 0.25) is 5.89 Å². The lowest BCUT2D eigenvalue weighted by Crippen LogP contribution is -2.15. The molecule has 0 atom stereocenters. The van der Waals surface area contributed by atoms with Crippen molar-refractivity contribution in [2.75, 3.05) is 4.72 Å². The first-order valence-electron chi connectivity index (χ1n) is 9.28. The second-order valence-corrected chi connectivity index (χ2v) is 9.21. The minimum atomic E-state index is -3.78. The summed E-state index contributed by atoms with van der Waals surface area (Å²) in [5.41, 5.74) is 4.30. The molecular weight excluding hydrogens is 376 g/mol. The van der Waals surface area contributed by atoms with E-state index in [4.69, 9.17) is 4.42 Å². The van der Waals surface area contributed by atoms with Gasteiger partial charge in [0.05, 0.1) is 5.69 Å². The summed E-state index contributed by atoms with van der Waals surface area (Å²) in [7, 11) is -1.97. The van der Waals surface area contributed by atoms with Crippen molar-refractivity contribution in [3.05, 3.63) is 46.5 Å². The minimum absolute atomic E-state index is 0.247. The van der Waals surface area contributed by atoms with Gasteiger partial charge in [0.15, 0.2) is 0 Å². The highest BCUT2D eigenvalue weighted by Crippen LogP contribution is 2.41. The van der Waals surface area contributed by atoms with Gasteiger partial charge < -0.3 is 8.98 Å². The third kappa shape index (κ3) is 3.11. The van der Waals surface area contributed by atoms with Gasteiger partial charge in [-0.05, 0) is 57.7 Å². The number of aromatic nitrogens is 3. The zero-order valence-corrected chi connectivity index (χ0v) is 17.5. The predicted molar refractivity (Wildman–Crippen MR) is 107 cm³/mol. The fraction of sp³-hybridized carbons (Fsp3) is 0.400. The van der Waals surface area contributed by atoms with Crippen molar-refractivity contribution in [2.24, 2.45) is 7.05 Å². The Morgan fingerprint density at radius 1 is 1.14 bits per heavy atom. The van der Waals surface area contributed by atoms with Crippen LogP contribution in [0.15, 0.2) is 27.5 Å². The first-order valence-corrected chi connectivity index (χ1v) is 10.8. The van der Waals surface area contributed by atoms with Crippen LogP contribution in [0.2, 0.25) is 0 Å². The van der Waals surface area contributed by atoms with Gasteiger partial charge in [0.25, 0.3) is 15.9 Å². The molecule has 7 nitrogen and oxygen atoms in total. The molecule has 1 fully saturated rings. The lowest BCUT2D eigenvalue weighted by atomic mass is 10.1. The molecule has 0 spiro atoms. The molecule has 0 bridgehead atoms. The number of aryl methyl sites for hydroxylation is 2. The summed E-state index contributed by atoms with van der Waals surface area (Å²) in [6.07, 6.45) is 2.12. The highest BCUT2D eigenvalue weighted by molar-refractivity contribution is 7.92. The Kier molecular flexibility index (Phi) is 4.33. The summed E-state index contributed by atoms with van der Waals surface area (Å²) in [4.78, 5) is 0.247. The Morgan fingerprint density at radius 3 is 2.54 bits per heavy atom. The molecule has 2 heterocycles. The summed E-state index contributed by atoms with van der Waals surface area (Å²) in [6.45, 7) is 7.37. The van der Waals surface area contributed by atoms with Crippen LogP contribution in [0.3, 0.4) is 0 Å². The van der Waals surface area contributed by atoms with Crippen LogP contribution in [-0.4, -0.2) is 23.2 Å². The fourth-order valence-electron chi connectivity index (χ4n) is 3.52. The van der Waals surface area contributed by atoms with Crippen molar-refractivity contribution in [1.29, 1.82) is 0 Å². The third-order valence-electron chi connectivity index (χ3n) is 5.34. The lowest BCUT2D eigenvalue weighted by Gasteiger charge is -2.12. The van der Waals surface area contributed by atoms with Crippen molar-refractivity contribution in [3.63, 3.8) is 0 Å². The Labute approximate surface area is 164 Å². The van der Waals surface area contributed by atoms with Crippen molar-refractivity contribution in [3.8, 4) is 11.6 Å². The number of anilines is 1. The van der Waals surface area contributed by atoms with E-state index < -0.39 is 10.0 Å². The zero-order chi connectivity index (χ0) is 20.2. The van der Waals surface area contributed by atoms with Crippen LogP contribution in [-0.2, 0) is 17.1 Å². The number of sulfonamides is 1. The molecule has 1 aromatic carbocycles. The van der Waals surface area contributed by atoms with Crippen LogP contribution in [0.4, 0.5) is 5.69 Å². The van der Waals surface area contributed by atoms with Gasteiger partial charge in [-0.2, -0.15) is 0 Å². The molecule has 0 amide bonds. The van der Waals surface area contributed by atoms with Crippen LogP contribution < -0.4 is 4.72 Å². The molecule has 3 aromatic rings. The Morgan fingerprint density at radius 2 is 1.86 bits per heavy atom. The van der Waals surface area contributed by atoms with E-state index in [0.29, 0.717) is 40.3 Å².